The largest absolute Gasteiger partial charge is 0.481 e. The van der Waals surface area contributed by atoms with Gasteiger partial charge in [-0.2, -0.15) is 0 Å². The van der Waals surface area contributed by atoms with Gasteiger partial charge in [-0.05, 0) is 43.7 Å². The van der Waals surface area contributed by atoms with E-state index < -0.39 is 5.97 Å². The van der Waals surface area contributed by atoms with Crippen molar-refractivity contribution in [3.8, 4) is 5.69 Å². The topological polar surface area (TPSA) is 42.2 Å². The van der Waals surface area contributed by atoms with Gasteiger partial charge in [-0.25, -0.2) is 0 Å². The smallest absolute Gasteiger partial charge is 0.307 e. The van der Waals surface area contributed by atoms with Crippen LogP contribution in [0, 0.1) is 13.8 Å². The van der Waals surface area contributed by atoms with E-state index in [9.17, 15) is 4.79 Å². The summed E-state index contributed by atoms with van der Waals surface area (Å²) < 4.78 is 1.95. The molecule has 2 rings (SSSR count). The molecule has 0 aliphatic rings. The third-order valence-corrected chi connectivity index (χ3v) is 3.42. The number of halogens is 2. The molecule has 100 valence electrons. The number of aryl methyl sites for hydroxylation is 1. The van der Waals surface area contributed by atoms with E-state index in [4.69, 9.17) is 28.3 Å². The Bertz CT molecular complexity index is 627. The number of carboxylic acids is 1. The van der Waals surface area contributed by atoms with Gasteiger partial charge in [0, 0.05) is 27.1 Å². The highest BCUT2D eigenvalue weighted by Crippen LogP contribution is 2.26. The second-order valence-electron chi connectivity index (χ2n) is 4.43. The molecule has 5 heteroatoms. The van der Waals surface area contributed by atoms with Crippen LogP contribution < -0.4 is 0 Å². The molecule has 0 atom stereocenters. The summed E-state index contributed by atoms with van der Waals surface area (Å²) in [5, 5.41) is 10.0. The highest BCUT2D eigenvalue weighted by molar-refractivity contribution is 6.34. The first-order chi connectivity index (χ1) is 8.88. The predicted molar refractivity (Wildman–Crippen MR) is 76.6 cm³/mol. The highest BCUT2D eigenvalue weighted by atomic mass is 35.5. The van der Waals surface area contributed by atoms with E-state index in [0.717, 1.165) is 22.6 Å². The summed E-state index contributed by atoms with van der Waals surface area (Å²) in [6.07, 6.45) is 0.00791. The number of aliphatic carboxylic acids is 1. The molecule has 1 aromatic heterocycles. The van der Waals surface area contributed by atoms with Gasteiger partial charge in [0.15, 0.2) is 0 Å². The number of aromatic nitrogens is 1. The Hall–Kier alpha value is -1.45. The average Bonchev–Trinajstić information content (AvgIpc) is 2.51. The maximum absolute atomic E-state index is 10.8. The molecule has 0 saturated carbocycles. The third-order valence-electron chi connectivity index (χ3n) is 2.98. The number of carbonyl (C=O) groups is 1. The molecule has 0 spiro atoms. The van der Waals surface area contributed by atoms with Crippen molar-refractivity contribution in [2.45, 2.75) is 20.3 Å². The van der Waals surface area contributed by atoms with Crippen molar-refractivity contribution in [1.29, 1.82) is 0 Å². The van der Waals surface area contributed by atoms with E-state index in [-0.39, 0.29) is 6.42 Å². The SMILES string of the molecule is Cc1cc(CC(=O)O)c(C)n1-c1cc(Cl)cc(Cl)c1. The molecule has 2 aromatic rings. The first kappa shape index (κ1) is 14.0. The predicted octanol–water partition coefficient (Wildman–Crippen LogP) is 4.03. The molecule has 0 aliphatic heterocycles. The molecule has 1 N–H and O–H groups in total. The zero-order chi connectivity index (χ0) is 14.2. The Labute approximate surface area is 121 Å². The Morgan fingerprint density at radius 3 is 2.26 bits per heavy atom. The molecule has 1 aromatic carbocycles. The van der Waals surface area contributed by atoms with Gasteiger partial charge in [0.2, 0.25) is 0 Å². The highest BCUT2D eigenvalue weighted by Gasteiger charge is 2.13. The van der Waals surface area contributed by atoms with Crippen molar-refractivity contribution in [2.75, 3.05) is 0 Å². The summed E-state index contributed by atoms with van der Waals surface area (Å²) in [7, 11) is 0. The zero-order valence-corrected chi connectivity index (χ0v) is 12.1. The fraction of sp³-hybridized carbons (Fsp3) is 0.214. The van der Waals surface area contributed by atoms with Gasteiger partial charge >= 0.3 is 5.97 Å². The van der Waals surface area contributed by atoms with Crippen molar-refractivity contribution >= 4 is 29.2 Å². The van der Waals surface area contributed by atoms with E-state index in [2.05, 4.69) is 0 Å². The summed E-state index contributed by atoms with van der Waals surface area (Å²) in [4.78, 5) is 10.8. The lowest BCUT2D eigenvalue weighted by Crippen LogP contribution is -2.03. The minimum Gasteiger partial charge on any atom is -0.481 e. The number of rotatable bonds is 3. The van der Waals surface area contributed by atoms with Crippen LogP contribution in [0.4, 0.5) is 0 Å². The van der Waals surface area contributed by atoms with Gasteiger partial charge < -0.3 is 9.67 Å². The average molecular weight is 298 g/mol. The van der Waals surface area contributed by atoms with Crippen molar-refractivity contribution in [3.05, 3.63) is 51.3 Å². The van der Waals surface area contributed by atoms with E-state index in [1.54, 1.807) is 18.2 Å². The number of benzene rings is 1. The summed E-state index contributed by atoms with van der Waals surface area (Å²) in [6, 6.07) is 7.15. The lowest BCUT2D eigenvalue weighted by Gasteiger charge is -2.11. The monoisotopic (exact) mass is 297 g/mol. The van der Waals surface area contributed by atoms with E-state index in [1.165, 1.54) is 0 Å². The Balaban J connectivity index is 2.56. The fourth-order valence-corrected chi connectivity index (χ4v) is 2.75. The van der Waals surface area contributed by atoms with Crippen LogP contribution in [-0.2, 0) is 11.2 Å². The van der Waals surface area contributed by atoms with Crippen LogP contribution in [0.1, 0.15) is 17.0 Å². The van der Waals surface area contributed by atoms with Crippen molar-refractivity contribution in [3.63, 3.8) is 0 Å². The second-order valence-corrected chi connectivity index (χ2v) is 5.30. The van der Waals surface area contributed by atoms with Crippen LogP contribution >= 0.6 is 23.2 Å². The van der Waals surface area contributed by atoms with Crippen LogP contribution in [-0.4, -0.2) is 15.6 Å². The third kappa shape index (κ3) is 2.94. The zero-order valence-electron chi connectivity index (χ0n) is 10.6. The van der Waals surface area contributed by atoms with Crippen LogP contribution in [0.3, 0.4) is 0 Å². The molecular weight excluding hydrogens is 285 g/mol. The molecular formula is C14H13Cl2NO2. The van der Waals surface area contributed by atoms with E-state index in [1.807, 2.05) is 24.5 Å². The molecule has 0 unspecified atom stereocenters. The second kappa shape index (κ2) is 5.27. The summed E-state index contributed by atoms with van der Waals surface area (Å²) >= 11 is 12.0. The van der Waals surface area contributed by atoms with Gasteiger partial charge in [-0.15, -0.1) is 0 Å². The van der Waals surface area contributed by atoms with Crippen LogP contribution in [0.15, 0.2) is 24.3 Å². The fourth-order valence-electron chi connectivity index (χ4n) is 2.24. The van der Waals surface area contributed by atoms with Crippen LogP contribution in [0.5, 0.6) is 0 Å². The molecule has 0 aliphatic carbocycles. The first-order valence-corrected chi connectivity index (χ1v) is 6.50. The first-order valence-electron chi connectivity index (χ1n) is 5.74. The van der Waals surface area contributed by atoms with Crippen molar-refractivity contribution in [1.82, 2.24) is 4.57 Å². The van der Waals surface area contributed by atoms with Gasteiger partial charge in [-0.1, -0.05) is 23.2 Å². The van der Waals surface area contributed by atoms with Gasteiger partial charge in [0.1, 0.15) is 0 Å². The standard InChI is InChI=1S/C14H13Cl2NO2/c1-8-3-10(4-14(18)19)9(2)17(8)13-6-11(15)5-12(16)7-13/h3,5-7H,4H2,1-2H3,(H,18,19). The Kier molecular flexibility index (Phi) is 3.88. The van der Waals surface area contributed by atoms with Crippen LogP contribution in [0.25, 0.3) is 5.69 Å². The molecule has 0 radical (unpaired) electrons. The lowest BCUT2D eigenvalue weighted by atomic mass is 10.2. The minimum atomic E-state index is -0.843. The lowest BCUT2D eigenvalue weighted by molar-refractivity contribution is -0.136. The molecule has 19 heavy (non-hydrogen) atoms. The Morgan fingerprint density at radius 2 is 1.74 bits per heavy atom. The van der Waals surface area contributed by atoms with Gasteiger partial charge in [0.05, 0.1) is 6.42 Å². The van der Waals surface area contributed by atoms with Gasteiger partial charge in [-0.3, -0.25) is 4.79 Å². The normalized spacial score (nSPS) is 10.7. The molecule has 0 saturated heterocycles. The molecule has 0 fully saturated rings. The number of hydrogen-bond donors (Lipinski definition) is 1. The van der Waals surface area contributed by atoms with Crippen LogP contribution in [0.2, 0.25) is 10.0 Å². The maximum atomic E-state index is 10.8. The van der Waals surface area contributed by atoms with Crippen molar-refractivity contribution in [2.24, 2.45) is 0 Å². The van der Waals surface area contributed by atoms with E-state index >= 15 is 0 Å². The summed E-state index contributed by atoms with van der Waals surface area (Å²) in [5.74, 6) is -0.843. The number of hydrogen-bond acceptors (Lipinski definition) is 1. The molecule has 0 amide bonds. The van der Waals surface area contributed by atoms with Gasteiger partial charge in [0.25, 0.3) is 0 Å². The summed E-state index contributed by atoms with van der Waals surface area (Å²) in [6.45, 7) is 3.81. The molecule has 0 bridgehead atoms. The molecule has 3 nitrogen and oxygen atoms in total. The summed E-state index contributed by atoms with van der Waals surface area (Å²) in [5.41, 5.74) is 3.47. The molecule has 1 heterocycles. The Morgan fingerprint density at radius 1 is 1.16 bits per heavy atom. The number of nitrogens with zero attached hydrogens (tertiary/aromatic N) is 1. The van der Waals surface area contributed by atoms with Crippen molar-refractivity contribution < 1.29 is 9.90 Å². The quantitative estimate of drug-likeness (QED) is 0.929. The van der Waals surface area contributed by atoms with E-state index in [0.29, 0.717) is 10.0 Å². The number of carboxylic acid groups (broad SMARTS) is 1. The maximum Gasteiger partial charge on any atom is 0.307 e. The minimum absolute atomic E-state index is 0.00791.